The van der Waals surface area contributed by atoms with E-state index in [1.54, 1.807) is 19.2 Å². The van der Waals surface area contributed by atoms with Gasteiger partial charge in [-0.3, -0.25) is 0 Å². The minimum Gasteiger partial charge on any atom is -0.384 e. The predicted molar refractivity (Wildman–Crippen MR) is 77.9 cm³/mol. The SMILES string of the molecule is CN(CC(C)(C)C)S(=O)(=O)c1ccc2c(c1)CCN2. The molecule has 1 heterocycles. The van der Waals surface area contributed by atoms with Crippen LogP contribution in [0.1, 0.15) is 26.3 Å². The Morgan fingerprint density at radius 1 is 1.32 bits per heavy atom. The molecule has 0 saturated carbocycles. The molecule has 1 N–H and O–H groups in total. The number of benzene rings is 1. The second kappa shape index (κ2) is 4.80. The van der Waals surface area contributed by atoms with Gasteiger partial charge in [0.05, 0.1) is 4.90 Å². The first kappa shape index (κ1) is 14.3. The van der Waals surface area contributed by atoms with E-state index < -0.39 is 10.0 Å². The van der Waals surface area contributed by atoms with Crippen molar-refractivity contribution >= 4 is 15.7 Å². The Hall–Kier alpha value is -1.07. The van der Waals surface area contributed by atoms with Crippen LogP contribution in [0.4, 0.5) is 5.69 Å². The second-order valence-electron chi connectivity index (χ2n) is 6.32. The molecule has 4 nitrogen and oxygen atoms in total. The van der Waals surface area contributed by atoms with Gasteiger partial charge < -0.3 is 5.32 Å². The fourth-order valence-electron chi connectivity index (χ4n) is 2.37. The third-order valence-corrected chi connectivity index (χ3v) is 4.99. The molecule has 0 radical (unpaired) electrons. The van der Waals surface area contributed by atoms with E-state index in [4.69, 9.17) is 0 Å². The lowest BCUT2D eigenvalue weighted by atomic mass is 9.97. The number of nitrogens with zero attached hydrogens (tertiary/aromatic N) is 1. The largest absolute Gasteiger partial charge is 0.384 e. The molecule has 0 bridgehead atoms. The van der Waals surface area contributed by atoms with Gasteiger partial charge in [-0.2, -0.15) is 0 Å². The van der Waals surface area contributed by atoms with Gasteiger partial charge in [-0.05, 0) is 35.6 Å². The first-order valence-corrected chi connectivity index (χ1v) is 7.97. The maximum Gasteiger partial charge on any atom is 0.242 e. The number of hydrogen-bond acceptors (Lipinski definition) is 3. The Kier molecular flexibility index (Phi) is 3.62. The first-order valence-electron chi connectivity index (χ1n) is 6.53. The third kappa shape index (κ3) is 3.09. The van der Waals surface area contributed by atoms with Crippen molar-refractivity contribution in [1.29, 1.82) is 0 Å². The van der Waals surface area contributed by atoms with Gasteiger partial charge >= 0.3 is 0 Å². The zero-order valence-electron chi connectivity index (χ0n) is 12.0. The van der Waals surface area contributed by atoms with Crippen molar-refractivity contribution in [3.8, 4) is 0 Å². The van der Waals surface area contributed by atoms with Crippen molar-refractivity contribution in [1.82, 2.24) is 4.31 Å². The summed E-state index contributed by atoms with van der Waals surface area (Å²) in [5.41, 5.74) is 2.09. The Bertz CT molecular complexity index is 574. The molecule has 0 amide bonds. The number of anilines is 1. The summed E-state index contributed by atoms with van der Waals surface area (Å²) < 4.78 is 26.5. The first-order chi connectivity index (χ1) is 8.70. The van der Waals surface area contributed by atoms with E-state index in [1.807, 2.05) is 26.8 Å². The molecule has 19 heavy (non-hydrogen) atoms. The quantitative estimate of drug-likeness (QED) is 0.925. The van der Waals surface area contributed by atoms with E-state index >= 15 is 0 Å². The van der Waals surface area contributed by atoms with Crippen molar-refractivity contribution in [3.63, 3.8) is 0 Å². The van der Waals surface area contributed by atoms with Gasteiger partial charge in [-0.25, -0.2) is 12.7 Å². The maximum atomic E-state index is 12.5. The Morgan fingerprint density at radius 3 is 2.63 bits per heavy atom. The molecule has 0 atom stereocenters. The van der Waals surface area contributed by atoms with Crippen LogP contribution < -0.4 is 5.32 Å². The van der Waals surface area contributed by atoms with Crippen LogP contribution in [0, 0.1) is 5.41 Å². The Labute approximate surface area is 115 Å². The highest BCUT2D eigenvalue weighted by atomic mass is 32.2. The van der Waals surface area contributed by atoms with Crippen LogP contribution in [0.15, 0.2) is 23.1 Å². The van der Waals surface area contributed by atoms with Crippen molar-refractivity contribution in [2.75, 3.05) is 25.5 Å². The molecule has 1 aromatic rings. The molecular weight excluding hydrogens is 260 g/mol. The fraction of sp³-hybridized carbons (Fsp3) is 0.571. The maximum absolute atomic E-state index is 12.5. The van der Waals surface area contributed by atoms with E-state index in [0.29, 0.717) is 11.4 Å². The molecule has 0 aromatic heterocycles. The van der Waals surface area contributed by atoms with Crippen LogP contribution in [0.25, 0.3) is 0 Å². The number of nitrogens with one attached hydrogen (secondary N) is 1. The van der Waals surface area contributed by atoms with Crippen molar-refractivity contribution in [2.45, 2.75) is 32.1 Å². The topological polar surface area (TPSA) is 49.4 Å². The number of rotatable bonds is 3. The summed E-state index contributed by atoms with van der Waals surface area (Å²) in [6.45, 7) is 7.49. The van der Waals surface area contributed by atoms with Crippen LogP contribution >= 0.6 is 0 Å². The zero-order valence-corrected chi connectivity index (χ0v) is 12.8. The monoisotopic (exact) mass is 282 g/mol. The Morgan fingerprint density at radius 2 is 2.00 bits per heavy atom. The van der Waals surface area contributed by atoms with E-state index in [0.717, 1.165) is 24.2 Å². The molecule has 0 aliphatic carbocycles. The van der Waals surface area contributed by atoms with Gasteiger partial charge in [0.25, 0.3) is 0 Å². The van der Waals surface area contributed by atoms with Gasteiger partial charge in [0.1, 0.15) is 0 Å². The lowest BCUT2D eigenvalue weighted by molar-refractivity contribution is 0.311. The summed E-state index contributed by atoms with van der Waals surface area (Å²) >= 11 is 0. The summed E-state index contributed by atoms with van der Waals surface area (Å²) in [4.78, 5) is 0.390. The lowest BCUT2D eigenvalue weighted by Gasteiger charge is -2.26. The van der Waals surface area contributed by atoms with Gasteiger partial charge in [-0.1, -0.05) is 20.8 Å². The number of fused-ring (bicyclic) bond motifs is 1. The zero-order chi connectivity index (χ0) is 14.3. The second-order valence-corrected chi connectivity index (χ2v) is 8.36. The molecule has 2 rings (SSSR count). The Balaban J connectivity index is 2.29. The van der Waals surface area contributed by atoms with Crippen molar-refractivity contribution in [3.05, 3.63) is 23.8 Å². The molecule has 1 aliphatic heterocycles. The summed E-state index contributed by atoms with van der Waals surface area (Å²) in [5.74, 6) is 0. The standard InChI is InChI=1S/C14H22N2O2S/c1-14(2,3)10-16(4)19(17,18)12-5-6-13-11(9-12)7-8-15-13/h5-6,9,15H,7-8,10H2,1-4H3. The minimum absolute atomic E-state index is 0.0555. The van der Waals surface area contributed by atoms with E-state index in [9.17, 15) is 8.42 Å². The number of sulfonamides is 1. The predicted octanol–water partition coefficient (Wildman–Crippen LogP) is 2.32. The van der Waals surface area contributed by atoms with Gasteiger partial charge in [-0.15, -0.1) is 0 Å². The van der Waals surface area contributed by atoms with Crippen LogP contribution in [0.5, 0.6) is 0 Å². The highest BCUT2D eigenvalue weighted by Gasteiger charge is 2.26. The smallest absolute Gasteiger partial charge is 0.242 e. The molecule has 0 spiro atoms. The van der Waals surface area contributed by atoms with Gasteiger partial charge in [0, 0.05) is 25.8 Å². The summed E-state index contributed by atoms with van der Waals surface area (Å²) in [5, 5.41) is 3.24. The van der Waals surface area contributed by atoms with Crippen LogP contribution in [0.2, 0.25) is 0 Å². The minimum atomic E-state index is -3.39. The van der Waals surface area contributed by atoms with Gasteiger partial charge in [0.15, 0.2) is 0 Å². The lowest BCUT2D eigenvalue weighted by Crippen LogP contribution is -2.34. The molecule has 1 aromatic carbocycles. The molecule has 0 fully saturated rings. The van der Waals surface area contributed by atoms with Crippen LogP contribution in [-0.4, -0.2) is 32.9 Å². The summed E-state index contributed by atoms with van der Waals surface area (Å²) in [7, 11) is -1.74. The van der Waals surface area contributed by atoms with E-state index in [-0.39, 0.29) is 5.41 Å². The van der Waals surface area contributed by atoms with Crippen LogP contribution in [0.3, 0.4) is 0 Å². The number of hydrogen-bond donors (Lipinski definition) is 1. The van der Waals surface area contributed by atoms with Crippen molar-refractivity contribution < 1.29 is 8.42 Å². The van der Waals surface area contributed by atoms with Gasteiger partial charge in [0.2, 0.25) is 10.0 Å². The normalized spacial score (nSPS) is 15.4. The highest BCUT2D eigenvalue weighted by Crippen LogP contribution is 2.27. The van der Waals surface area contributed by atoms with Crippen molar-refractivity contribution in [2.24, 2.45) is 5.41 Å². The molecule has 5 heteroatoms. The third-order valence-electron chi connectivity index (χ3n) is 3.19. The van der Waals surface area contributed by atoms with E-state index in [2.05, 4.69) is 5.32 Å². The molecule has 106 valence electrons. The summed E-state index contributed by atoms with van der Waals surface area (Å²) in [6.07, 6.45) is 0.891. The van der Waals surface area contributed by atoms with Crippen LogP contribution in [-0.2, 0) is 16.4 Å². The summed E-state index contributed by atoms with van der Waals surface area (Å²) in [6, 6.07) is 5.34. The molecule has 0 unspecified atom stereocenters. The average molecular weight is 282 g/mol. The van der Waals surface area contributed by atoms with E-state index in [1.165, 1.54) is 4.31 Å². The molecule has 1 aliphatic rings. The fourth-order valence-corrected chi connectivity index (χ4v) is 3.82. The molecule has 0 saturated heterocycles. The molecular formula is C14H22N2O2S. The highest BCUT2D eigenvalue weighted by molar-refractivity contribution is 7.89. The average Bonchev–Trinajstić information content (AvgIpc) is 2.73.